The van der Waals surface area contributed by atoms with Gasteiger partial charge in [0.05, 0.1) is 7.11 Å². The summed E-state index contributed by atoms with van der Waals surface area (Å²) >= 11 is 1.79. The Morgan fingerprint density at radius 3 is 2.60 bits per heavy atom. The number of anilines is 2. The lowest BCUT2D eigenvalue weighted by atomic mass is 10.1. The number of ether oxygens (including phenoxy) is 1. The molecule has 3 nitrogen and oxygen atoms in total. The van der Waals surface area contributed by atoms with E-state index in [1.807, 2.05) is 36.4 Å². The van der Waals surface area contributed by atoms with Crippen LogP contribution in [0.1, 0.15) is 12.0 Å². The van der Waals surface area contributed by atoms with E-state index in [0.717, 1.165) is 40.6 Å². The quantitative estimate of drug-likeness (QED) is 0.484. The third-order valence-electron chi connectivity index (χ3n) is 3.01. The van der Waals surface area contributed by atoms with Gasteiger partial charge in [0, 0.05) is 22.3 Å². The van der Waals surface area contributed by atoms with Crippen LogP contribution in [0.15, 0.2) is 47.4 Å². The Balaban J connectivity index is 1.84. The lowest BCUT2D eigenvalue weighted by Gasteiger charge is -2.09. The number of benzene rings is 2. The molecule has 0 heterocycles. The summed E-state index contributed by atoms with van der Waals surface area (Å²) in [4.78, 5) is 1.13. The zero-order chi connectivity index (χ0) is 14.4. The average Bonchev–Trinajstić information content (AvgIpc) is 2.45. The molecule has 0 amide bonds. The molecule has 4 N–H and O–H groups in total. The molecule has 0 saturated heterocycles. The van der Waals surface area contributed by atoms with Crippen LogP contribution in [-0.4, -0.2) is 12.9 Å². The molecule has 0 spiro atoms. The molecule has 0 aliphatic rings. The zero-order valence-corrected chi connectivity index (χ0v) is 12.5. The van der Waals surface area contributed by atoms with Gasteiger partial charge in [0.25, 0.3) is 0 Å². The van der Waals surface area contributed by atoms with Crippen molar-refractivity contribution in [2.24, 2.45) is 0 Å². The van der Waals surface area contributed by atoms with E-state index in [0.29, 0.717) is 0 Å². The fraction of sp³-hybridized carbons (Fsp3) is 0.250. The largest absolute Gasteiger partial charge is 0.496 e. The van der Waals surface area contributed by atoms with Crippen molar-refractivity contribution in [1.82, 2.24) is 0 Å². The van der Waals surface area contributed by atoms with Gasteiger partial charge in [0.15, 0.2) is 0 Å². The van der Waals surface area contributed by atoms with Crippen LogP contribution in [0.2, 0.25) is 0 Å². The van der Waals surface area contributed by atoms with Crippen molar-refractivity contribution in [2.45, 2.75) is 17.7 Å². The van der Waals surface area contributed by atoms with Crippen molar-refractivity contribution in [3.05, 3.63) is 48.0 Å². The predicted octanol–water partition coefficient (Wildman–Crippen LogP) is 3.58. The van der Waals surface area contributed by atoms with Gasteiger partial charge < -0.3 is 16.2 Å². The van der Waals surface area contributed by atoms with Crippen LogP contribution < -0.4 is 16.2 Å². The highest BCUT2D eigenvalue weighted by molar-refractivity contribution is 7.99. The number of methoxy groups -OCH3 is 1. The third kappa shape index (κ3) is 4.10. The highest BCUT2D eigenvalue weighted by Crippen LogP contribution is 2.31. The molecule has 2 rings (SSSR count). The highest BCUT2D eigenvalue weighted by Gasteiger charge is 2.04. The van der Waals surface area contributed by atoms with E-state index in [9.17, 15) is 0 Å². The molecule has 20 heavy (non-hydrogen) atoms. The first-order chi connectivity index (χ1) is 9.69. The number of rotatable bonds is 6. The van der Waals surface area contributed by atoms with Crippen molar-refractivity contribution in [3.63, 3.8) is 0 Å². The molecule has 0 atom stereocenters. The van der Waals surface area contributed by atoms with E-state index in [1.54, 1.807) is 18.9 Å². The molecule has 2 aromatic carbocycles. The van der Waals surface area contributed by atoms with E-state index in [1.165, 1.54) is 5.56 Å². The number of hydrogen-bond acceptors (Lipinski definition) is 4. The summed E-state index contributed by atoms with van der Waals surface area (Å²) < 4.78 is 5.34. The smallest absolute Gasteiger partial charge is 0.134 e. The Morgan fingerprint density at radius 1 is 1.05 bits per heavy atom. The second-order valence-electron chi connectivity index (χ2n) is 4.61. The standard InChI is InChI=1S/C16H20N2OS/c1-19-15-11-14(18)7-8-16(15)20-9-3-5-12-4-2-6-13(17)10-12/h2,4,6-8,10-11H,3,5,9,17-18H2,1H3. The highest BCUT2D eigenvalue weighted by atomic mass is 32.2. The first kappa shape index (κ1) is 14.6. The molecule has 0 unspecified atom stereocenters. The summed E-state index contributed by atoms with van der Waals surface area (Å²) in [6.07, 6.45) is 2.14. The molecule has 4 heteroatoms. The average molecular weight is 288 g/mol. The monoisotopic (exact) mass is 288 g/mol. The molecule has 0 fully saturated rings. The number of nitrogen functional groups attached to an aromatic ring is 2. The predicted molar refractivity (Wildman–Crippen MR) is 87.3 cm³/mol. The van der Waals surface area contributed by atoms with Crippen LogP contribution in [0.4, 0.5) is 11.4 Å². The fourth-order valence-corrected chi connectivity index (χ4v) is 2.97. The van der Waals surface area contributed by atoms with Crippen LogP contribution >= 0.6 is 11.8 Å². The minimum Gasteiger partial charge on any atom is -0.496 e. The van der Waals surface area contributed by atoms with Crippen LogP contribution in [0, 0.1) is 0 Å². The first-order valence-corrected chi connectivity index (χ1v) is 7.58. The van der Waals surface area contributed by atoms with Crippen LogP contribution in [0.5, 0.6) is 5.75 Å². The number of hydrogen-bond donors (Lipinski definition) is 2. The topological polar surface area (TPSA) is 61.3 Å². The van der Waals surface area contributed by atoms with E-state index in [4.69, 9.17) is 16.2 Å². The van der Waals surface area contributed by atoms with Crippen LogP contribution in [-0.2, 0) is 6.42 Å². The van der Waals surface area contributed by atoms with Crippen molar-refractivity contribution in [1.29, 1.82) is 0 Å². The minimum atomic E-state index is 0.728. The number of thioether (sulfide) groups is 1. The van der Waals surface area contributed by atoms with Crippen LogP contribution in [0.3, 0.4) is 0 Å². The van der Waals surface area contributed by atoms with Crippen molar-refractivity contribution in [2.75, 3.05) is 24.3 Å². The van der Waals surface area contributed by atoms with Gasteiger partial charge in [-0.2, -0.15) is 0 Å². The third-order valence-corrected chi connectivity index (χ3v) is 4.15. The van der Waals surface area contributed by atoms with E-state index in [2.05, 4.69) is 6.07 Å². The molecule has 2 aromatic rings. The Hall–Kier alpha value is -1.81. The van der Waals surface area contributed by atoms with Gasteiger partial charge in [-0.3, -0.25) is 0 Å². The van der Waals surface area contributed by atoms with Crippen molar-refractivity contribution >= 4 is 23.1 Å². The van der Waals surface area contributed by atoms with Gasteiger partial charge in [0.1, 0.15) is 5.75 Å². The molecule has 0 radical (unpaired) electrons. The molecule has 0 aliphatic heterocycles. The lowest BCUT2D eigenvalue weighted by Crippen LogP contribution is -1.93. The van der Waals surface area contributed by atoms with E-state index >= 15 is 0 Å². The SMILES string of the molecule is COc1cc(N)ccc1SCCCc1cccc(N)c1. The van der Waals surface area contributed by atoms with Crippen molar-refractivity contribution < 1.29 is 4.74 Å². The first-order valence-electron chi connectivity index (χ1n) is 6.60. The fourth-order valence-electron chi connectivity index (χ4n) is 2.01. The second kappa shape index (κ2) is 7.10. The van der Waals surface area contributed by atoms with Gasteiger partial charge >= 0.3 is 0 Å². The van der Waals surface area contributed by atoms with Gasteiger partial charge in [0.2, 0.25) is 0 Å². The molecule has 0 bridgehead atoms. The summed E-state index contributed by atoms with van der Waals surface area (Å²) in [5.41, 5.74) is 14.4. The summed E-state index contributed by atoms with van der Waals surface area (Å²) in [6, 6.07) is 13.8. The summed E-state index contributed by atoms with van der Waals surface area (Å²) in [5.74, 6) is 1.88. The summed E-state index contributed by atoms with van der Waals surface area (Å²) in [5, 5.41) is 0. The number of aryl methyl sites for hydroxylation is 1. The molecular weight excluding hydrogens is 268 g/mol. The maximum absolute atomic E-state index is 5.77. The Morgan fingerprint density at radius 2 is 1.85 bits per heavy atom. The Labute approximate surface area is 124 Å². The number of nitrogens with two attached hydrogens (primary N) is 2. The molecule has 0 aromatic heterocycles. The summed E-state index contributed by atoms with van der Waals surface area (Å²) in [6.45, 7) is 0. The van der Waals surface area contributed by atoms with E-state index in [-0.39, 0.29) is 0 Å². The lowest BCUT2D eigenvalue weighted by molar-refractivity contribution is 0.405. The summed E-state index contributed by atoms with van der Waals surface area (Å²) in [7, 11) is 1.67. The van der Waals surface area contributed by atoms with Crippen LogP contribution in [0.25, 0.3) is 0 Å². The minimum absolute atomic E-state index is 0.728. The van der Waals surface area contributed by atoms with Gasteiger partial charge in [-0.25, -0.2) is 0 Å². The van der Waals surface area contributed by atoms with Gasteiger partial charge in [-0.1, -0.05) is 12.1 Å². The maximum atomic E-state index is 5.77. The normalized spacial score (nSPS) is 10.4. The molecule has 106 valence electrons. The second-order valence-corrected chi connectivity index (χ2v) is 5.74. The van der Waals surface area contributed by atoms with Gasteiger partial charge in [-0.05, 0) is 48.4 Å². The zero-order valence-electron chi connectivity index (χ0n) is 11.6. The molecule has 0 aliphatic carbocycles. The Kier molecular flexibility index (Phi) is 5.18. The van der Waals surface area contributed by atoms with Crippen molar-refractivity contribution in [3.8, 4) is 5.75 Å². The maximum Gasteiger partial charge on any atom is 0.134 e. The van der Waals surface area contributed by atoms with Gasteiger partial charge in [-0.15, -0.1) is 11.8 Å². The van der Waals surface area contributed by atoms with E-state index < -0.39 is 0 Å². The molecular formula is C16H20N2OS. The molecule has 0 saturated carbocycles. The Bertz CT molecular complexity index is 572.